The highest BCUT2D eigenvalue weighted by molar-refractivity contribution is 7.37. The quantitative estimate of drug-likeness (QED) is 0.499. The summed E-state index contributed by atoms with van der Waals surface area (Å²) in [6, 6.07) is 16.0. The standard InChI is InChI=1S/C17H18NO2P/c1-13(19)10-16(20)12-21-11-15-8-5-9-17(18-15)14-6-3-2-4-7-14/h2-10,20-21H,11-12H2,1H3. The SMILES string of the molecule is CC(=O)C=C(O)CPCc1cccc(-c2ccccc2)n1. The van der Waals surface area contributed by atoms with Crippen molar-refractivity contribution in [2.75, 3.05) is 6.16 Å². The van der Waals surface area contributed by atoms with Crippen molar-refractivity contribution in [2.24, 2.45) is 0 Å². The maximum atomic E-state index is 10.8. The molecule has 1 aromatic heterocycles. The molecule has 0 radical (unpaired) electrons. The zero-order valence-electron chi connectivity index (χ0n) is 11.9. The van der Waals surface area contributed by atoms with Gasteiger partial charge in [0, 0.05) is 29.7 Å². The van der Waals surface area contributed by atoms with Gasteiger partial charge in [-0.2, -0.15) is 0 Å². The van der Waals surface area contributed by atoms with Gasteiger partial charge in [0.2, 0.25) is 0 Å². The smallest absolute Gasteiger partial charge is 0.155 e. The van der Waals surface area contributed by atoms with Gasteiger partial charge >= 0.3 is 0 Å². The van der Waals surface area contributed by atoms with Crippen LogP contribution in [-0.4, -0.2) is 22.0 Å². The van der Waals surface area contributed by atoms with Crippen molar-refractivity contribution >= 4 is 14.4 Å². The first-order valence-electron chi connectivity index (χ1n) is 6.77. The zero-order valence-corrected chi connectivity index (χ0v) is 12.9. The van der Waals surface area contributed by atoms with Crippen molar-refractivity contribution in [2.45, 2.75) is 13.1 Å². The van der Waals surface area contributed by atoms with Gasteiger partial charge in [-0.05, 0) is 19.1 Å². The van der Waals surface area contributed by atoms with E-state index >= 15 is 0 Å². The first kappa shape index (κ1) is 15.4. The predicted molar refractivity (Wildman–Crippen MR) is 88.0 cm³/mol. The van der Waals surface area contributed by atoms with Crippen LogP contribution in [0.15, 0.2) is 60.4 Å². The Morgan fingerprint density at radius 3 is 2.67 bits per heavy atom. The number of aliphatic hydroxyl groups is 1. The largest absolute Gasteiger partial charge is 0.512 e. The maximum absolute atomic E-state index is 10.8. The van der Waals surface area contributed by atoms with Crippen LogP contribution in [0.25, 0.3) is 11.3 Å². The van der Waals surface area contributed by atoms with Crippen LogP contribution >= 0.6 is 8.58 Å². The Hall–Kier alpha value is -1.99. The molecular weight excluding hydrogens is 281 g/mol. The van der Waals surface area contributed by atoms with Crippen LogP contribution in [0.2, 0.25) is 0 Å². The van der Waals surface area contributed by atoms with E-state index in [9.17, 15) is 9.90 Å². The molecule has 1 atom stereocenters. The molecule has 0 fully saturated rings. The van der Waals surface area contributed by atoms with Crippen molar-refractivity contribution in [3.8, 4) is 11.3 Å². The Kier molecular flexibility index (Phi) is 5.65. The second-order valence-electron chi connectivity index (χ2n) is 4.73. The fourth-order valence-corrected chi connectivity index (χ4v) is 2.89. The molecule has 0 amide bonds. The fraction of sp³-hybridized carbons (Fsp3) is 0.176. The van der Waals surface area contributed by atoms with Gasteiger partial charge in [0.15, 0.2) is 5.78 Å². The number of hydrogen-bond donors (Lipinski definition) is 1. The molecule has 0 spiro atoms. The molecule has 3 nitrogen and oxygen atoms in total. The van der Waals surface area contributed by atoms with E-state index in [1.165, 1.54) is 13.0 Å². The van der Waals surface area contributed by atoms with Crippen molar-refractivity contribution in [3.63, 3.8) is 0 Å². The molecule has 0 aliphatic heterocycles. The molecule has 1 unspecified atom stereocenters. The number of allylic oxidation sites excluding steroid dienone is 2. The number of aliphatic hydroxyl groups excluding tert-OH is 1. The predicted octanol–water partition coefficient (Wildman–Crippen LogP) is 3.96. The van der Waals surface area contributed by atoms with Gasteiger partial charge in [-0.3, -0.25) is 9.78 Å². The van der Waals surface area contributed by atoms with Gasteiger partial charge in [0.1, 0.15) is 0 Å². The highest BCUT2D eigenvalue weighted by Crippen LogP contribution is 2.22. The van der Waals surface area contributed by atoms with Crippen molar-refractivity contribution < 1.29 is 9.90 Å². The summed E-state index contributed by atoms with van der Waals surface area (Å²) in [5.41, 5.74) is 3.06. The minimum atomic E-state index is -0.124. The normalized spacial score (nSPS) is 12.0. The third kappa shape index (κ3) is 5.13. The van der Waals surface area contributed by atoms with Gasteiger partial charge in [-0.25, -0.2) is 0 Å². The first-order valence-corrected chi connectivity index (χ1v) is 8.19. The van der Waals surface area contributed by atoms with E-state index in [2.05, 4.69) is 4.98 Å². The van der Waals surface area contributed by atoms with E-state index in [0.29, 0.717) is 14.7 Å². The second-order valence-corrected chi connectivity index (χ2v) is 5.94. The number of ketones is 1. The van der Waals surface area contributed by atoms with Crippen molar-refractivity contribution in [1.82, 2.24) is 4.98 Å². The van der Waals surface area contributed by atoms with Gasteiger partial charge in [0.05, 0.1) is 11.5 Å². The van der Waals surface area contributed by atoms with E-state index in [0.717, 1.165) is 23.1 Å². The molecule has 1 aromatic carbocycles. The highest BCUT2D eigenvalue weighted by atomic mass is 31.1. The number of hydrogen-bond acceptors (Lipinski definition) is 3. The van der Waals surface area contributed by atoms with Gasteiger partial charge in [-0.1, -0.05) is 36.4 Å². The molecule has 0 aliphatic rings. The topological polar surface area (TPSA) is 50.2 Å². The number of nitrogens with zero attached hydrogens (tertiary/aromatic N) is 1. The monoisotopic (exact) mass is 299 g/mol. The van der Waals surface area contributed by atoms with Gasteiger partial charge < -0.3 is 5.11 Å². The van der Waals surface area contributed by atoms with Crippen molar-refractivity contribution in [3.05, 3.63) is 66.1 Å². The lowest BCUT2D eigenvalue weighted by molar-refractivity contribution is -0.112. The van der Waals surface area contributed by atoms with E-state index in [4.69, 9.17) is 0 Å². The summed E-state index contributed by atoms with van der Waals surface area (Å²) >= 11 is 0. The second kappa shape index (κ2) is 7.70. The van der Waals surface area contributed by atoms with E-state index < -0.39 is 0 Å². The van der Waals surface area contributed by atoms with Crippen LogP contribution in [0.4, 0.5) is 0 Å². The number of carbonyl (C=O) groups is 1. The fourth-order valence-electron chi connectivity index (χ4n) is 1.95. The Labute approximate surface area is 126 Å². The molecule has 0 saturated carbocycles. The average molecular weight is 299 g/mol. The summed E-state index contributed by atoms with van der Waals surface area (Å²) in [6.07, 6.45) is 2.61. The zero-order chi connectivity index (χ0) is 15.1. The van der Waals surface area contributed by atoms with Crippen molar-refractivity contribution in [1.29, 1.82) is 0 Å². The van der Waals surface area contributed by atoms with Crippen LogP contribution in [0.3, 0.4) is 0 Å². The minimum absolute atomic E-state index is 0.124. The lowest BCUT2D eigenvalue weighted by Gasteiger charge is -2.05. The Morgan fingerprint density at radius 1 is 1.19 bits per heavy atom. The van der Waals surface area contributed by atoms with Crippen LogP contribution in [0.5, 0.6) is 0 Å². The summed E-state index contributed by atoms with van der Waals surface area (Å²) in [6.45, 7) is 1.43. The van der Waals surface area contributed by atoms with Gasteiger partial charge in [-0.15, -0.1) is 8.58 Å². The molecule has 2 aromatic rings. The third-order valence-electron chi connectivity index (χ3n) is 2.86. The van der Waals surface area contributed by atoms with E-state index in [-0.39, 0.29) is 11.5 Å². The average Bonchev–Trinajstić information content (AvgIpc) is 2.48. The molecule has 1 N–H and O–H groups in total. The van der Waals surface area contributed by atoms with Crippen LogP contribution in [0.1, 0.15) is 12.6 Å². The molecule has 0 aliphatic carbocycles. The van der Waals surface area contributed by atoms with E-state index in [1.54, 1.807) is 0 Å². The first-order chi connectivity index (χ1) is 10.1. The molecular formula is C17H18NO2P. The van der Waals surface area contributed by atoms with E-state index in [1.807, 2.05) is 48.5 Å². The molecule has 4 heteroatoms. The third-order valence-corrected chi connectivity index (χ3v) is 4.08. The highest BCUT2D eigenvalue weighted by Gasteiger charge is 2.02. The Balaban J connectivity index is 1.98. The lowest BCUT2D eigenvalue weighted by atomic mass is 10.1. The number of benzene rings is 1. The molecule has 0 saturated heterocycles. The van der Waals surface area contributed by atoms with Crippen LogP contribution in [-0.2, 0) is 11.0 Å². The maximum Gasteiger partial charge on any atom is 0.155 e. The minimum Gasteiger partial charge on any atom is -0.512 e. The molecule has 2 rings (SSSR count). The number of carbonyl (C=O) groups excluding carboxylic acids is 1. The number of pyridine rings is 1. The Bertz CT molecular complexity index is 638. The number of rotatable bonds is 6. The summed E-state index contributed by atoms with van der Waals surface area (Å²) in [5, 5.41) is 9.56. The summed E-state index contributed by atoms with van der Waals surface area (Å²) < 4.78 is 0. The summed E-state index contributed by atoms with van der Waals surface area (Å²) in [7, 11) is 0.511. The lowest BCUT2D eigenvalue weighted by Crippen LogP contribution is -1.93. The molecule has 21 heavy (non-hydrogen) atoms. The molecule has 1 heterocycles. The van der Waals surface area contributed by atoms with Gasteiger partial charge in [0.25, 0.3) is 0 Å². The number of aromatic nitrogens is 1. The Morgan fingerprint density at radius 2 is 1.95 bits per heavy atom. The van der Waals surface area contributed by atoms with Crippen LogP contribution in [0, 0.1) is 0 Å². The summed E-state index contributed by atoms with van der Waals surface area (Å²) in [5.74, 6) is 0.0292. The summed E-state index contributed by atoms with van der Waals surface area (Å²) in [4.78, 5) is 15.5. The van der Waals surface area contributed by atoms with Crippen LogP contribution < -0.4 is 0 Å². The molecule has 108 valence electrons. The molecule has 0 bridgehead atoms.